The van der Waals surface area contributed by atoms with Gasteiger partial charge in [-0.25, -0.2) is 13.1 Å². The van der Waals surface area contributed by atoms with Gasteiger partial charge in [0.2, 0.25) is 15.2 Å². The Morgan fingerprint density at radius 1 is 1.32 bits per heavy atom. The molecule has 0 saturated heterocycles. The predicted molar refractivity (Wildman–Crippen MR) is 96.3 cm³/mol. The van der Waals surface area contributed by atoms with Gasteiger partial charge in [-0.15, -0.1) is 10.2 Å². The first-order valence-electron chi connectivity index (χ1n) is 8.24. The molecule has 1 heterocycles. The Hall–Kier alpha value is -1.84. The minimum atomic E-state index is -3.59. The molecule has 1 aliphatic carbocycles. The molecule has 25 heavy (non-hydrogen) atoms. The minimum absolute atomic E-state index is 0.0189. The Kier molecular flexibility index (Phi) is 5.45. The van der Waals surface area contributed by atoms with Gasteiger partial charge in [0.05, 0.1) is 4.90 Å². The van der Waals surface area contributed by atoms with E-state index < -0.39 is 15.9 Å². The molecule has 0 aliphatic heterocycles. The summed E-state index contributed by atoms with van der Waals surface area (Å²) in [5.74, 6) is -0.401. The third-order valence-corrected chi connectivity index (χ3v) is 6.15. The molecule has 0 unspecified atom stereocenters. The van der Waals surface area contributed by atoms with Crippen molar-refractivity contribution in [2.24, 2.45) is 0 Å². The third kappa shape index (κ3) is 4.83. The van der Waals surface area contributed by atoms with Crippen LogP contribution < -0.4 is 10.0 Å². The summed E-state index contributed by atoms with van der Waals surface area (Å²) in [6.07, 6.45) is 4.64. The number of nitrogens with zero attached hydrogens (tertiary/aromatic N) is 2. The molecule has 0 radical (unpaired) electrons. The molecular weight excluding hydrogens is 360 g/mol. The van der Waals surface area contributed by atoms with E-state index in [-0.39, 0.29) is 16.5 Å². The predicted octanol–water partition coefficient (Wildman–Crippen LogP) is 2.57. The van der Waals surface area contributed by atoms with E-state index in [2.05, 4.69) is 27.2 Å². The zero-order valence-corrected chi connectivity index (χ0v) is 15.5. The molecule has 134 valence electrons. The van der Waals surface area contributed by atoms with Crippen LogP contribution in [0.4, 0.5) is 5.13 Å². The second-order valence-electron chi connectivity index (χ2n) is 5.98. The number of unbranched alkanes of at least 4 members (excludes halogenated alkanes) is 1. The maximum atomic E-state index is 12.4. The van der Waals surface area contributed by atoms with Crippen molar-refractivity contribution < 1.29 is 13.2 Å². The van der Waals surface area contributed by atoms with Gasteiger partial charge in [0.25, 0.3) is 5.91 Å². The molecule has 3 rings (SSSR count). The molecule has 1 saturated carbocycles. The average Bonchev–Trinajstić information content (AvgIpc) is 3.29. The van der Waals surface area contributed by atoms with E-state index in [1.807, 2.05) is 0 Å². The van der Waals surface area contributed by atoms with Crippen LogP contribution >= 0.6 is 11.3 Å². The minimum Gasteiger partial charge on any atom is -0.296 e. The number of hydrogen-bond donors (Lipinski definition) is 2. The smallest absolute Gasteiger partial charge is 0.257 e. The van der Waals surface area contributed by atoms with Crippen molar-refractivity contribution in [3.63, 3.8) is 0 Å². The Bertz CT molecular complexity index is 860. The van der Waals surface area contributed by atoms with Gasteiger partial charge < -0.3 is 0 Å². The fourth-order valence-corrected chi connectivity index (χ4v) is 4.32. The fourth-order valence-electron chi connectivity index (χ4n) is 2.20. The largest absolute Gasteiger partial charge is 0.296 e. The van der Waals surface area contributed by atoms with E-state index in [4.69, 9.17) is 0 Å². The number of aryl methyl sites for hydroxylation is 1. The number of anilines is 1. The van der Waals surface area contributed by atoms with E-state index in [0.717, 1.165) is 37.1 Å². The van der Waals surface area contributed by atoms with Crippen LogP contribution in [0.3, 0.4) is 0 Å². The van der Waals surface area contributed by atoms with Crippen molar-refractivity contribution in [2.45, 2.75) is 50.0 Å². The molecular formula is C16H20N4O3S2. The van der Waals surface area contributed by atoms with Crippen LogP contribution in [0.15, 0.2) is 29.2 Å². The van der Waals surface area contributed by atoms with Crippen LogP contribution in [-0.2, 0) is 16.4 Å². The monoisotopic (exact) mass is 380 g/mol. The van der Waals surface area contributed by atoms with E-state index in [1.165, 1.54) is 23.5 Å². The van der Waals surface area contributed by atoms with Gasteiger partial charge in [-0.3, -0.25) is 10.1 Å². The number of rotatable bonds is 8. The second-order valence-corrected chi connectivity index (χ2v) is 8.76. The van der Waals surface area contributed by atoms with E-state index in [0.29, 0.717) is 5.13 Å². The molecule has 1 fully saturated rings. The third-order valence-electron chi connectivity index (χ3n) is 3.74. The Morgan fingerprint density at radius 2 is 2.12 bits per heavy atom. The summed E-state index contributed by atoms with van der Waals surface area (Å²) >= 11 is 1.34. The lowest BCUT2D eigenvalue weighted by atomic mass is 10.2. The summed E-state index contributed by atoms with van der Waals surface area (Å²) in [5.41, 5.74) is 0.268. The summed E-state index contributed by atoms with van der Waals surface area (Å²) in [6.45, 7) is 2.10. The molecule has 2 N–H and O–H groups in total. The summed E-state index contributed by atoms with van der Waals surface area (Å²) in [5, 5.41) is 12.0. The maximum Gasteiger partial charge on any atom is 0.257 e. The highest BCUT2D eigenvalue weighted by molar-refractivity contribution is 7.89. The zero-order valence-electron chi connectivity index (χ0n) is 13.9. The summed E-state index contributed by atoms with van der Waals surface area (Å²) in [6, 6.07) is 6.01. The van der Waals surface area contributed by atoms with Gasteiger partial charge in [0, 0.05) is 18.0 Å². The molecule has 0 atom stereocenters. The Labute approximate surface area is 150 Å². The number of hydrogen-bond acceptors (Lipinski definition) is 6. The molecule has 7 nitrogen and oxygen atoms in total. The highest BCUT2D eigenvalue weighted by Gasteiger charge is 2.28. The number of amides is 1. The van der Waals surface area contributed by atoms with Crippen molar-refractivity contribution in [2.75, 3.05) is 5.32 Å². The molecule has 1 aliphatic rings. The van der Waals surface area contributed by atoms with E-state index in [1.54, 1.807) is 12.1 Å². The number of aromatic nitrogens is 2. The van der Waals surface area contributed by atoms with Gasteiger partial charge in [0.1, 0.15) is 5.01 Å². The Balaban J connectivity index is 1.69. The molecule has 1 aromatic carbocycles. The van der Waals surface area contributed by atoms with Crippen LogP contribution in [0.5, 0.6) is 0 Å². The number of carbonyl (C=O) groups excluding carboxylic acids is 1. The van der Waals surface area contributed by atoms with Gasteiger partial charge >= 0.3 is 0 Å². The Morgan fingerprint density at radius 3 is 2.84 bits per heavy atom. The number of benzene rings is 1. The second kappa shape index (κ2) is 7.59. The standard InChI is InChI=1S/C16H20N4O3S2/c1-2-3-7-14-18-19-16(24-14)17-15(21)11-5-4-6-13(10-11)25(22,23)20-12-8-9-12/h4-6,10,12,20H,2-3,7-9H2,1H3,(H,17,19,21). The molecule has 1 amide bonds. The molecule has 0 spiro atoms. The summed E-state index contributed by atoms with van der Waals surface area (Å²) in [4.78, 5) is 12.5. The van der Waals surface area contributed by atoms with Crippen molar-refractivity contribution in [1.29, 1.82) is 0 Å². The first-order chi connectivity index (χ1) is 12.0. The summed E-state index contributed by atoms with van der Waals surface area (Å²) in [7, 11) is -3.59. The van der Waals surface area contributed by atoms with Crippen molar-refractivity contribution in [3.05, 3.63) is 34.8 Å². The number of sulfonamides is 1. The zero-order chi connectivity index (χ0) is 17.9. The number of carbonyl (C=O) groups is 1. The highest BCUT2D eigenvalue weighted by atomic mass is 32.2. The first kappa shape index (κ1) is 18.0. The lowest BCUT2D eigenvalue weighted by Crippen LogP contribution is -2.26. The van der Waals surface area contributed by atoms with Gasteiger partial charge in [-0.2, -0.15) is 0 Å². The first-order valence-corrected chi connectivity index (χ1v) is 10.5. The lowest BCUT2D eigenvalue weighted by Gasteiger charge is -2.07. The van der Waals surface area contributed by atoms with Crippen LogP contribution in [-0.4, -0.2) is 30.6 Å². The number of nitrogens with one attached hydrogen (secondary N) is 2. The molecule has 1 aromatic heterocycles. The molecule has 0 bridgehead atoms. The van der Waals surface area contributed by atoms with Gasteiger partial charge in [-0.05, 0) is 37.5 Å². The highest BCUT2D eigenvalue weighted by Crippen LogP contribution is 2.23. The maximum absolute atomic E-state index is 12.4. The van der Waals surface area contributed by atoms with Crippen molar-refractivity contribution in [1.82, 2.24) is 14.9 Å². The fraction of sp³-hybridized carbons (Fsp3) is 0.438. The van der Waals surface area contributed by atoms with Crippen LogP contribution in [0, 0.1) is 0 Å². The van der Waals surface area contributed by atoms with Crippen LogP contribution in [0.25, 0.3) is 0 Å². The van der Waals surface area contributed by atoms with E-state index in [9.17, 15) is 13.2 Å². The topological polar surface area (TPSA) is 101 Å². The molecule has 9 heteroatoms. The molecule has 2 aromatic rings. The lowest BCUT2D eigenvalue weighted by molar-refractivity contribution is 0.102. The quantitative estimate of drug-likeness (QED) is 0.733. The SMILES string of the molecule is CCCCc1nnc(NC(=O)c2cccc(S(=O)(=O)NC3CC3)c2)s1. The van der Waals surface area contributed by atoms with Crippen LogP contribution in [0.1, 0.15) is 48.0 Å². The normalized spacial score (nSPS) is 14.4. The van der Waals surface area contributed by atoms with Crippen molar-refractivity contribution in [3.8, 4) is 0 Å². The van der Waals surface area contributed by atoms with E-state index >= 15 is 0 Å². The van der Waals surface area contributed by atoms with Crippen LogP contribution in [0.2, 0.25) is 0 Å². The van der Waals surface area contributed by atoms with Gasteiger partial charge in [0.15, 0.2) is 0 Å². The summed E-state index contributed by atoms with van der Waals surface area (Å²) < 4.78 is 27.1. The van der Waals surface area contributed by atoms with Gasteiger partial charge in [-0.1, -0.05) is 30.7 Å². The average molecular weight is 380 g/mol. The van der Waals surface area contributed by atoms with Crippen molar-refractivity contribution >= 4 is 32.4 Å².